The molecule has 3 rings (SSSR count). The SMILES string of the molecule is COc1cccc(NC2CCN(CC3(C)CCNC3)CC2)c1.Cl. The first-order valence-corrected chi connectivity index (χ1v) is 8.51. The quantitative estimate of drug-likeness (QED) is 0.864. The third kappa shape index (κ3) is 5.00. The van der Waals surface area contributed by atoms with Gasteiger partial charge in [-0.05, 0) is 43.4 Å². The average Bonchev–Trinajstić information content (AvgIpc) is 2.96. The van der Waals surface area contributed by atoms with E-state index in [1.165, 1.54) is 57.7 Å². The number of rotatable bonds is 5. The normalized spacial score (nSPS) is 25.8. The second kappa shape index (κ2) is 8.22. The summed E-state index contributed by atoms with van der Waals surface area (Å²) in [5, 5.41) is 7.16. The lowest BCUT2D eigenvalue weighted by Crippen LogP contribution is -2.44. The van der Waals surface area contributed by atoms with E-state index in [1.54, 1.807) is 7.11 Å². The van der Waals surface area contributed by atoms with Crippen LogP contribution < -0.4 is 15.4 Å². The molecule has 0 aliphatic carbocycles. The van der Waals surface area contributed by atoms with Crippen LogP contribution in [0.1, 0.15) is 26.2 Å². The molecule has 23 heavy (non-hydrogen) atoms. The number of methoxy groups -OCH3 is 1. The Morgan fingerprint density at radius 1 is 1.35 bits per heavy atom. The molecule has 2 N–H and O–H groups in total. The van der Waals surface area contributed by atoms with E-state index in [0.29, 0.717) is 11.5 Å². The molecule has 2 aliphatic heterocycles. The number of nitrogens with one attached hydrogen (secondary N) is 2. The lowest BCUT2D eigenvalue weighted by Gasteiger charge is -2.37. The maximum absolute atomic E-state index is 5.29. The van der Waals surface area contributed by atoms with Crippen LogP contribution in [0.15, 0.2) is 24.3 Å². The molecule has 2 fully saturated rings. The van der Waals surface area contributed by atoms with Gasteiger partial charge in [0, 0.05) is 44.0 Å². The van der Waals surface area contributed by atoms with Crippen LogP contribution >= 0.6 is 12.4 Å². The summed E-state index contributed by atoms with van der Waals surface area (Å²) in [4.78, 5) is 2.65. The Labute approximate surface area is 146 Å². The molecule has 5 heteroatoms. The van der Waals surface area contributed by atoms with Gasteiger partial charge < -0.3 is 20.3 Å². The first kappa shape index (κ1) is 18.4. The molecule has 0 saturated carbocycles. The minimum absolute atomic E-state index is 0. The Kier molecular flexibility index (Phi) is 6.57. The molecule has 0 bridgehead atoms. The maximum Gasteiger partial charge on any atom is 0.120 e. The number of halogens is 1. The molecule has 1 aromatic carbocycles. The van der Waals surface area contributed by atoms with E-state index in [1.807, 2.05) is 12.1 Å². The van der Waals surface area contributed by atoms with E-state index in [4.69, 9.17) is 4.74 Å². The smallest absolute Gasteiger partial charge is 0.120 e. The molecule has 2 aliphatic rings. The van der Waals surface area contributed by atoms with Gasteiger partial charge in [0.25, 0.3) is 0 Å². The highest BCUT2D eigenvalue weighted by Crippen LogP contribution is 2.28. The van der Waals surface area contributed by atoms with Crippen LogP contribution in [-0.4, -0.2) is 50.8 Å². The van der Waals surface area contributed by atoms with Crippen LogP contribution in [0.3, 0.4) is 0 Å². The van der Waals surface area contributed by atoms with Gasteiger partial charge in [0.1, 0.15) is 5.75 Å². The monoisotopic (exact) mass is 339 g/mol. The van der Waals surface area contributed by atoms with E-state index in [9.17, 15) is 0 Å². The molecule has 0 amide bonds. The fourth-order valence-electron chi connectivity index (χ4n) is 3.73. The molecule has 2 saturated heterocycles. The van der Waals surface area contributed by atoms with E-state index in [2.05, 4.69) is 34.6 Å². The van der Waals surface area contributed by atoms with Crippen molar-refractivity contribution in [3.8, 4) is 5.75 Å². The first-order chi connectivity index (χ1) is 10.7. The third-order valence-electron chi connectivity index (χ3n) is 5.09. The zero-order chi connectivity index (χ0) is 15.4. The van der Waals surface area contributed by atoms with Gasteiger partial charge in [-0.3, -0.25) is 0 Å². The topological polar surface area (TPSA) is 36.5 Å². The number of likely N-dealkylation sites (tertiary alicyclic amines) is 1. The molecule has 0 aromatic heterocycles. The molecule has 0 radical (unpaired) electrons. The van der Waals surface area contributed by atoms with Gasteiger partial charge in [-0.15, -0.1) is 12.4 Å². The van der Waals surface area contributed by atoms with Gasteiger partial charge in [-0.2, -0.15) is 0 Å². The number of benzene rings is 1. The summed E-state index contributed by atoms with van der Waals surface area (Å²) in [6, 6.07) is 8.82. The van der Waals surface area contributed by atoms with Crippen LogP contribution in [0.4, 0.5) is 5.69 Å². The van der Waals surface area contributed by atoms with Crippen molar-refractivity contribution in [2.24, 2.45) is 5.41 Å². The zero-order valence-corrected chi connectivity index (χ0v) is 15.1. The van der Waals surface area contributed by atoms with Gasteiger partial charge in [0.15, 0.2) is 0 Å². The number of piperidine rings is 1. The van der Waals surface area contributed by atoms with Crippen LogP contribution in [0.2, 0.25) is 0 Å². The summed E-state index contributed by atoms with van der Waals surface area (Å²) < 4.78 is 5.29. The van der Waals surface area contributed by atoms with Crippen molar-refractivity contribution in [2.45, 2.75) is 32.2 Å². The lowest BCUT2D eigenvalue weighted by atomic mass is 9.88. The summed E-state index contributed by atoms with van der Waals surface area (Å²) in [5.74, 6) is 0.920. The van der Waals surface area contributed by atoms with Crippen molar-refractivity contribution in [3.05, 3.63) is 24.3 Å². The van der Waals surface area contributed by atoms with E-state index in [-0.39, 0.29) is 12.4 Å². The molecule has 130 valence electrons. The maximum atomic E-state index is 5.29. The van der Waals surface area contributed by atoms with E-state index >= 15 is 0 Å². The molecule has 1 aromatic rings. The summed E-state index contributed by atoms with van der Waals surface area (Å²) >= 11 is 0. The Hall–Kier alpha value is -0.970. The molecule has 2 heterocycles. The van der Waals surface area contributed by atoms with Crippen molar-refractivity contribution >= 4 is 18.1 Å². The van der Waals surface area contributed by atoms with Crippen LogP contribution in [0.25, 0.3) is 0 Å². The number of ether oxygens (including phenoxy) is 1. The highest BCUT2D eigenvalue weighted by Gasteiger charge is 2.32. The molecular formula is C18H30ClN3O. The van der Waals surface area contributed by atoms with Crippen molar-refractivity contribution < 1.29 is 4.74 Å². The summed E-state index contributed by atoms with van der Waals surface area (Å²) in [5.41, 5.74) is 1.65. The summed E-state index contributed by atoms with van der Waals surface area (Å²) in [6.07, 6.45) is 3.76. The van der Waals surface area contributed by atoms with Gasteiger partial charge in [-0.25, -0.2) is 0 Å². The number of nitrogens with zero attached hydrogens (tertiary/aromatic N) is 1. The largest absolute Gasteiger partial charge is 0.497 e. The minimum Gasteiger partial charge on any atom is -0.497 e. The number of hydrogen-bond donors (Lipinski definition) is 2. The van der Waals surface area contributed by atoms with Crippen LogP contribution in [-0.2, 0) is 0 Å². The second-order valence-corrected chi connectivity index (χ2v) is 7.16. The Balaban J connectivity index is 0.00000192. The third-order valence-corrected chi connectivity index (χ3v) is 5.09. The van der Waals surface area contributed by atoms with Crippen molar-refractivity contribution in [1.82, 2.24) is 10.2 Å². The predicted octanol–water partition coefficient (Wildman–Crippen LogP) is 2.99. The predicted molar refractivity (Wildman–Crippen MR) is 98.9 cm³/mol. The minimum atomic E-state index is 0. The second-order valence-electron chi connectivity index (χ2n) is 7.16. The van der Waals surface area contributed by atoms with Crippen LogP contribution in [0, 0.1) is 5.41 Å². The van der Waals surface area contributed by atoms with Crippen molar-refractivity contribution in [2.75, 3.05) is 45.2 Å². The van der Waals surface area contributed by atoms with Crippen molar-refractivity contribution in [1.29, 1.82) is 0 Å². The molecule has 4 nitrogen and oxygen atoms in total. The number of hydrogen-bond acceptors (Lipinski definition) is 4. The van der Waals surface area contributed by atoms with E-state index < -0.39 is 0 Å². The Morgan fingerprint density at radius 3 is 2.78 bits per heavy atom. The highest BCUT2D eigenvalue weighted by atomic mass is 35.5. The van der Waals surface area contributed by atoms with Gasteiger partial charge in [0.2, 0.25) is 0 Å². The average molecular weight is 340 g/mol. The van der Waals surface area contributed by atoms with Crippen LogP contribution in [0.5, 0.6) is 5.75 Å². The molecule has 1 unspecified atom stereocenters. The fraction of sp³-hybridized carbons (Fsp3) is 0.667. The fourth-order valence-corrected chi connectivity index (χ4v) is 3.73. The standard InChI is InChI=1S/C18H29N3O.ClH/c1-18(8-9-19-13-18)14-21-10-6-15(7-11-21)20-16-4-3-5-17(12-16)22-2;/h3-5,12,15,19-20H,6-11,13-14H2,1-2H3;1H. The first-order valence-electron chi connectivity index (χ1n) is 8.51. The zero-order valence-electron chi connectivity index (χ0n) is 14.3. The lowest BCUT2D eigenvalue weighted by molar-refractivity contribution is 0.148. The molecule has 0 spiro atoms. The summed E-state index contributed by atoms with van der Waals surface area (Å²) in [6.45, 7) is 8.44. The van der Waals surface area contributed by atoms with E-state index in [0.717, 1.165) is 5.75 Å². The van der Waals surface area contributed by atoms with Gasteiger partial charge in [0.05, 0.1) is 7.11 Å². The Morgan fingerprint density at radius 2 is 2.13 bits per heavy atom. The van der Waals surface area contributed by atoms with Crippen molar-refractivity contribution in [3.63, 3.8) is 0 Å². The number of anilines is 1. The Bertz CT molecular complexity index is 483. The highest BCUT2D eigenvalue weighted by molar-refractivity contribution is 5.85. The molecule has 1 atom stereocenters. The summed E-state index contributed by atoms with van der Waals surface area (Å²) in [7, 11) is 1.72. The van der Waals surface area contributed by atoms with Gasteiger partial charge in [-0.1, -0.05) is 13.0 Å². The molecular weight excluding hydrogens is 310 g/mol. The van der Waals surface area contributed by atoms with Gasteiger partial charge >= 0.3 is 0 Å².